The number of rotatable bonds is 8. The number of amides is 1. The van der Waals surface area contributed by atoms with E-state index >= 15 is 0 Å². The summed E-state index contributed by atoms with van der Waals surface area (Å²) in [7, 11) is -2.18. The molecular weight excluding hydrogens is 412 g/mol. The van der Waals surface area contributed by atoms with E-state index < -0.39 is 10.0 Å². The van der Waals surface area contributed by atoms with Crippen molar-refractivity contribution in [1.82, 2.24) is 5.32 Å². The highest BCUT2D eigenvalue weighted by Gasteiger charge is 2.14. The molecule has 0 bridgehead atoms. The maximum atomic E-state index is 12.6. The average Bonchev–Trinajstić information content (AvgIpc) is 2.79. The van der Waals surface area contributed by atoms with Gasteiger partial charge in [-0.05, 0) is 60.5 Å². The largest absolute Gasteiger partial charge is 0.497 e. The molecule has 7 heteroatoms. The van der Waals surface area contributed by atoms with Crippen molar-refractivity contribution < 1.29 is 17.9 Å². The van der Waals surface area contributed by atoms with Gasteiger partial charge in [-0.2, -0.15) is 0 Å². The van der Waals surface area contributed by atoms with Gasteiger partial charge in [-0.1, -0.05) is 42.5 Å². The van der Waals surface area contributed by atoms with Crippen LogP contribution in [0.3, 0.4) is 0 Å². The smallest absolute Gasteiger partial charge is 0.261 e. The van der Waals surface area contributed by atoms with Crippen molar-refractivity contribution in [2.75, 3.05) is 11.8 Å². The van der Waals surface area contributed by atoms with Crippen LogP contribution in [0.4, 0.5) is 5.69 Å². The molecule has 6 nitrogen and oxygen atoms in total. The van der Waals surface area contributed by atoms with Crippen LogP contribution in [-0.2, 0) is 14.8 Å². The highest BCUT2D eigenvalue weighted by molar-refractivity contribution is 7.92. The van der Waals surface area contributed by atoms with Gasteiger partial charge in [-0.15, -0.1) is 0 Å². The number of carbonyl (C=O) groups excluding carboxylic acids is 1. The molecule has 0 fully saturated rings. The van der Waals surface area contributed by atoms with Gasteiger partial charge >= 0.3 is 0 Å². The Morgan fingerprint density at radius 3 is 2.19 bits per heavy atom. The van der Waals surface area contributed by atoms with Crippen LogP contribution in [0.5, 0.6) is 5.75 Å². The van der Waals surface area contributed by atoms with Crippen LogP contribution in [0.1, 0.15) is 24.1 Å². The highest BCUT2D eigenvalue weighted by atomic mass is 32.2. The minimum absolute atomic E-state index is 0.116. The molecule has 3 aromatic rings. The lowest BCUT2D eigenvalue weighted by atomic mass is 10.1. The second-order valence-corrected chi connectivity index (χ2v) is 8.56. The lowest BCUT2D eigenvalue weighted by molar-refractivity contribution is -0.117. The lowest BCUT2D eigenvalue weighted by Crippen LogP contribution is -2.24. The van der Waals surface area contributed by atoms with Crippen LogP contribution in [0.2, 0.25) is 0 Å². The van der Waals surface area contributed by atoms with Crippen LogP contribution in [0.15, 0.2) is 89.8 Å². The molecule has 0 aromatic heterocycles. The minimum atomic E-state index is -3.72. The van der Waals surface area contributed by atoms with Gasteiger partial charge in [0.2, 0.25) is 5.91 Å². The first kappa shape index (κ1) is 22.1. The van der Waals surface area contributed by atoms with Gasteiger partial charge in [0.25, 0.3) is 10.0 Å². The van der Waals surface area contributed by atoms with Crippen LogP contribution in [0, 0.1) is 0 Å². The predicted octanol–water partition coefficient (Wildman–Crippen LogP) is 4.39. The molecule has 0 aliphatic heterocycles. The molecule has 0 saturated heterocycles. The van der Waals surface area contributed by atoms with Crippen molar-refractivity contribution in [3.63, 3.8) is 0 Å². The van der Waals surface area contributed by atoms with E-state index in [0.29, 0.717) is 17.0 Å². The summed E-state index contributed by atoms with van der Waals surface area (Å²) in [6.45, 7) is 1.91. The number of methoxy groups -OCH3 is 1. The van der Waals surface area contributed by atoms with Gasteiger partial charge in [0.15, 0.2) is 0 Å². The summed E-state index contributed by atoms with van der Waals surface area (Å²) in [6, 6.07) is 22.5. The van der Waals surface area contributed by atoms with E-state index in [0.717, 1.165) is 5.56 Å². The van der Waals surface area contributed by atoms with Crippen LogP contribution < -0.4 is 14.8 Å². The number of benzene rings is 3. The molecule has 1 amide bonds. The topological polar surface area (TPSA) is 84.5 Å². The monoisotopic (exact) mass is 436 g/mol. The van der Waals surface area contributed by atoms with Gasteiger partial charge in [-0.25, -0.2) is 8.42 Å². The normalized spacial score (nSPS) is 12.3. The van der Waals surface area contributed by atoms with E-state index in [1.807, 2.05) is 37.3 Å². The Morgan fingerprint density at radius 2 is 1.58 bits per heavy atom. The van der Waals surface area contributed by atoms with Gasteiger partial charge < -0.3 is 10.1 Å². The Labute approximate surface area is 182 Å². The Bertz CT molecular complexity index is 1140. The summed E-state index contributed by atoms with van der Waals surface area (Å²) in [5.74, 6) is 0.413. The molecule has 0 aliphatic carbocycles. The molecule has 3 aromatic carbocycles. The number of anilines is 1. The Balaban J connectivity index is 1.61. The van der Waals surface area contributed by atoms with Crippen LogP contribution in [0.25, 0.3) is 6.08 Å². The second kappa shape index (κ2) is 9.95. The van der Waals surface area contributed by atoms with Crippen molar-refractivity contribution in [2.24, 2.45) is 0 Å². The molecule has 1 unspecified atom stereocenters. The van der Waals surface area contributed by atoms with Gasteiger partial charge in [0.05, 0.1) is 18.0 Å². The van der Waals surface area contributed by atoms with Crippen molar-refractivity contribution in [3.8, 4) is 5.75 Å². The molecule has 1 atom stereocenters. The Kier molecular flexibility index (Phi) is 7.10. The summed E-state index contributed by atoms with van der Waals surface area (Å²) in [5.41, 5.74) is 2.17. The van der Waals surface area contributed by atoms with E-state index in [2.05, 4.69) is 10.0 Å². The van der Waals surface area contributed by atoms with Crippen LogP contribution in [-0.4, -0.2) is 21.4 Å². The molecule has 3 rings (SSSR count). The van der Waals surface area contributed by atoms with Gasteiger partial charge in [-0.3, -0.25) is 9.52 Å². The van der Waals surface area contributed by atoms with Crippen LogP contribution >= 0.6 is 0 Å². The third-order valence-electron chi connectivity index (χ3n) is 4.62. The van der Waals surface area contributed by atoms with E-state index in [4.69, 9.17) is 4.74 Å². The van der Waals surface area contributed by atoms with Crippen molar-refractivity contribution >= 4 is 27.7 Å². The average molecular weight is 437 g/mol. The molecule has 0 radical (unpaired) electrons. The maximum absolute atomic E-state index is 12.6. The van der Waals surface area contributed by atoms with E-state index in [1.54, 1.807) is 49.6 Å². The fraction of sp³-hybridized carbons (Fsp3) is 0.125. The zero-order chi connectivity index (χ0) is 22.3. The number of hydrogen-bond acceptors (Lipinski definition) is 4. The van der Waals surface area contributed by atoms with Gasteiger partial charge in [0, 0.05) is 11.8 Å². The number of ether oxygens (including phenoxy) is 1. The zero-order valence-corrected chi connectivity index (χ0v) is 18.1. The molecular formula is C24H24N2O4S. The third kappa shape index (κ3) is 6.20. The van der Waals surface area contributed by atoms with E-state index in [-0.39, 0.29) is 16.8 Å². The summed E-state index contributed by atoms with van der Waals surface area (Å²) in [4.78, 5) is 12.3. The quantitative estimate of drug-likeness (QED) is 0.513. The highest BCUT2D eigenvalue weighted by Crippen LogP contribution is 2.20. The summed E-state index contributed by atoms with van der Waals surface area (Å²) in [5, 5.41) is 2.90. The fourth-order valence-corrected chi connectivity index (χ4v) is 3.95. The van der Waals surface area contributed by atoms with E-state index in [1.165, 1.54) is 18.2 Å². The first-order chi connectivity index (χ1) is 14.9. The number of sulfonamides is 1. The van der Waals surface area contributed by atoms with E-state index in [9.17, 15) is 13.2 Å². The standard InChI is InChI=1S/C24H24N2O4S/c1-18(20-6-4-3-5-7-20)25-24(27)17-10-19-8-15-23(16-9-19)31(28,29)26-21-11-13-22(30-2)14-12-21/h3-18,26H,1-2H3,(H,25,27). The molecule has 0 heterocycles. The second-order valence-electron chi connectivity index (χ2n) is 6.88. The zero-order valence-electron chi connectivity index (χ0n) is 17.3. The van der Waals surface area contributed by atoms with Crippen molar-refractivity contribution in [2.45, 2.75) is 17.9 Å². The Hall–Kier alpha value is -3.58. The maximum Gasteiger partial charge on any atom is 0.261 e. The summed E-state index contributed by atoms with van der Waals surface area (Å²) < 4.78 is 32.7. The lowest BCUT2D eigenvalue weighted by Gasteiger charge is -2.12. The number of carbonyl (C=O) groups is 1. The molecule has 0 aliphatic rings. The molecule has 31 heavy (non-hydrogen) atoms. The minimum Gasteiger partial charge on any atom is -0.497 e. The predicted molar refractivity (Wildman–Crippen MR) is 122 cm³/mol. The van der Waals surface area contributed by atoms with Gasteiger partial charge in [0.1, 0.15) is 5.75 Å². The number of hydrogen-bond donors (Lipinski definition) is 2. The first-order valence-electron chi connectivity index (χ1n) is 9.68. The molecule has 2 N–H and O–H groups in total. The first-order valence-corrected chi connectivity index (χ1v) is 11.2. The van der Waals surface area contributed by atoms with Crippen molar-refractivity contribution in [3.05, 3.63) is 96.1 Å². The summed E-state index contributed by atoms with van der Waals surface area (Å²) in [6.07, 6.45) is 3.07. The Morgan fingerprint density at radius 1 is 0.935 bits per heavy atom. The third-order valence-corrected chi connectivity index (χ3v) is 6.02. The number of nitrogens with one attached hydrogen (secondary N) is 2. The SMILES string of the molecule is COc1ccc(NS(=O)(=O)c2ccc(C=CC(=O)NC(C)c3ccccc3)cc2)cc1. The molecule has 0 spiro atoms. The molecule has 160 valence electrons. The van der Waals surface area contributed by atoms with Crippen molar-refractivity contribution in [1.29, 1.82) is 0 Å². The summed E-state index contributed by atoms with van der Waals surface area (Å²) >= 11 is 0. The molecule has 0 saturated carbocycles. The fourth-order valence-electron chi connectivity index (χ4n) is 2.89.